The monoisotopic (exact) mass is 582 g/mol. The number of aromatic nitrogens is 1. The van der Waals surface area contributed by atoms with Crippen LogP contribution in [0, 0.1) is 6.92 Å². The first-order valence-electron chi connectivity index (χ1n) is 15.3. The van der Waals surface area contributed by atoms with Crippen LogP contribution in [-0.4, -0.2) is 18.1 Å². The number of pyridine rings is 1. The molecule has 0 saturated carbocycles. The summed E-state index contributed by atoms with van der Waals surface area (Å²) in [5, 5.41) is 27.8. The summed E-state index contributed by atoms with van der Waals surface area (Å²) in [5.74, 6) is 0. The Kier molecular flexibility index (Phi) is 10.3. The number of unbranched alkanes of at least 4 members (excludes halogenated alkanes) is 1. The van der Waals surface area contributed by atoms with Crippen LogP contribution in [0.15, 0.2) is 128 Å². The van der Waals surface area contributed by atoms with E-state index in [4.69, 9.17) is 0 Å². The largest absolute Gasteiger partial charge is 0.372 e. The fourth-order valence-corrected chi connectivity index (χ4v) is 4.89. The molecule has 0 N–H and O–H groups in total. The van der Waals surface area contributed by atoms with E-state index in [1.165, 1.54) is 24.1 Å². The maximum Gasteiger partial charge on any atom is 0.112 e. The van der Waals surface area contributed by atoms with E-state index in [1.807, 2.05) is 73.7 Å². The smallest absolute Gasteiger partial charge is 0.112 e. The maximum absolute atomic E-state index is 4.58. The topological polar surface area (TPSA) is 90.3 Å². The first kappa shape index (κ1) is 30.4. The molecule has 222 valence electrons. The van der Waals surface area contributed by atoms with Crippen LogP contribution in [-0.2, 0) is 6.42 Å². The quantitative estimate of drug-likeness (QED) is 0.137. The molecule has 44 heavy (non-hydrogen) atoms. The molecule has 1 aromatic heterocycles. The van der Waals surface area contributed by atoms with E-state index in [-0.39, 0.29) is 0 Å². The molecule has 0 amide bonds. The van der Waals surface area contributed by atoms with Crippen molar-refractivity contribution in [1.82, 2.24) is 4.98 Å². The number of anilines is 1. The highest BCUT2D eigenvalue weighted by Gasteiger charge is 2.08. The zero-order valence-electron chi connectivity index (χ0n) is 25.9. The van der Waals surface area contributed by atoms with Gasteiger partial charge in [-0.2, -0.15) is 20.5 Å². The average molecular weight is 583 g/mol. The molecule has 8 nitrogen and oxygen atoms in total. The van der Waals surface area contributed by atoms with E-state index in [9.17, 15) is 0 Å². The molecule has 0 radical (unpaired) electrons. The normalized spacial score (nSPS) is 11.8. The van der Waals surface area contributed by atoms with Gasteiger partial charge in [-0.15, -0.1) is 10.2 Å². The lowest BCUT2D eigenvalue weighted by Crippen LogP contribution is -2.21. The molecule has 0 saturated heterocycles. The third-order valence-electron chi connectivity index (χ3n) is 7.46. The standard InChI is InChI=1S/C36H38N8/c1-5-8-10-27-12-14-28(15-13-27)39-42-34-22-23-35(36-32(34)11-9-24-37-36)43-41-33-21-18-30(25-26(33)4)40-38-29-16-19-31(20-17-29)44(6-2)7-3/h9,11-25H,5-8,10H2,1-4H3. The Morgan fingerprint density at radius 3 is 1.91 bits per heavy atom. The maximum atomic E-state index is 4.58. The second-order valence-corrected chi connectivity index (χ2v) is 10.5. The molecule has 0 fully saturated rings. The third kappa shape index (κ3) is 7.64. The minimum atomic E-state index is 0.663. The number of fused-ring (bicyclic) bond motifs is 1. The van der Waals surface area contributed by atoms with E-state index in [2.05, 4.69) is 85.6 Å². The van der Waals surface area contributed by atoms with Gasteiger partial charge in [0.05, 0.1) is 34.0 Å². The molecule has 8 heteroatoms. The molecular weight excluding hydrogens is 544 g/mol. The van der Waals surface area contributed by atoms with Crippen molar-refractivity contribution in [3.05, 3.63) is 108 Å². The number of nitrogens with zero attached hydrogens (tertiary/aromatic N) is 8. The summed E-state index contributed by atoms with van der Waals surface area (Å²) >= 11 is 0. The van der Waals surface area contributed by atoms with Crippen molar-refractivity contribution >= 4 is 50.7 Å². The number of aryl methyl sites for hydroxylation is 2. The first-order chi connectivity index (χ1) is 21.6. The van der Waals surface area contributed by atoms with Crippen molar-refractivity contribution < 1.29 is 0 Å². The van der Waals surface area contributed by atoms with Gasteiger partial charge in [0.1, 0.15) is 5.69 Å². The van der Waals surface area contributed by atoms with Crippen LogP contribution in [0.2, 0.25) is 0 Å². The van der Waals surface area contributed by atoms with Crippen LogP contribution >= 0.6 is 0 Å². The fraction of sp³-hybridized carbons (Fsp3) is 0.250. The third-order valence-corrected chi connectivity index (χ3v) is 7.46. The van der Waals surface area contributed by atoms with E-state index in [1.54, 1.807) is 6.20 Å². The van der Waals surface area contributed by atoms with Gasteiger partial charge in [-0.05, 0) is 124 Å². The van der Waals surface area contributed by atoms with Crippen molar-refractivity contribution in [2.24, 2.45) is 30.7 Å². The SMILES string of the molecule is CCCCc1ccc(N=Nc2ccc(N=Nc3ccc(N=Nc4ccc(N(CC)CC)cc4)cc3C)c3ncccc23)cc1. The summed E-state index contributed by atoms with van der Waals surface area (Å²) in [5.41, 5.74) is 8.71. The van der Waals surface area contributed by atoms with E-state index < -0.39 is 0 Å². The van der Waals surface area contributed by atoms with Crippen molar-refractivity contribution in [2.45, 2.75) is 47.0 Å². The molecule has 0 bridgehead atoms. The van der Waals surface area contributed by atoms with Gasteiger partial charge in [-0.1, -0.05) is 25.5 Å². The van der Waals surface area contributed by atoms with Crippen LogP contribution in [0.3, 0.4) is 0 Å². The second kappa shape index (κ2) is 14.9. The second-order valence-electron chi connectivity index (χ2n) is 10.5. The van der Waals surface area contributed by atoms with E-state index in [0.717, 1.165) is 64.4 Å². The van der Waals surface area contributed by atoms with Gasteiger partial charge in [-0.3, -0.25) is 4.98 Å². The van der Waals surface area contributed by atoms with Crippen LogP contribution in [0.1, 0.15) is 44.7 Å². The highest BCUT2D eigenvalue weighted by Crippen LogP contribution is 2.35. The predicted octanol–water partition coefficient (Wildman–Crippen LogP) is 12.0. The molecule has 0 unspecified atom stereocenters. The molecule has 1 heterocycles. The van der Waals surface area contributed by atoms with Crippen molar-refractivity contribution in [2.75, 3.05) is 18.0 Å². The van der Waals surface area contributed by atoms with Crippen LogP contribution in [0.4, 0.5) is 39.8 Å². The number of hydrogen-bond donors (Lipinski definition) is 0. The zero-order valence-corrected chi connectivity index (χ0v) is 25.9. The molecule has 0 aliphatic rings. The highest BCUT2D eigenvalue weighted by atomic mass is 15.1. The van der Waals surface area contributed by atoms with Gasteiger partial charge in [0, 0.05) is 30.4 Å². The predicted molar refractivity (Wildman–Crippen MR) is 181 cm³/mol. The molecular formula is C36H38N8. The summed E-state index contributed by atoms with van der Waals surface area (Å²) in [6, 6.07) is 29.8. The van der Waals surface area contributed by atoms with Crippen LogP contribution < -0.4 is 4.90 Å². The van der Waals surface area contributed by atoms with Crippen molar-refractivity contribution in [3.63, 3.8) is 0 Å². The van der Waals surface area contributed by atoms with Crippen molar-refractivity contribution in [3.8, 4) is 0 Å². The Morgan fingerprint density at radius 1 is 0.614 bits per heavy atom. The van der Waals surface area contributed by atoms with Gasteiger partial charge >= 0.3 is 0 Å². The van der Waals surface area contributed by atoms with Crippen LogP contribution in [0.5, 0.6) is 0 Å². The summed E-state index contributed by atoms with van der Waals surface area (Å²) in [4.78, 5) is 6.87. The minimum absolute atomic E-state index is 0.663. The molecule has 4 aromatic carbocycles. The van der Waals surface area contributed by atoms with Gasteiger partial charge in [0.2, 0.25) is 0 Å². The van der Waals surface area contributed by atoms with E-state index >= 15 is 0 Å². The number of benzene rings is 4. The van der Waals surface area contributed by atoms with Gasteiger partial charge in [-0.25, -0.2) is 0 Å². The summed E-state index contributed by atoms with van der Waals surface area (Å²) in [6.45, 7) is 10.4. The minimum Gasteiger partial charge on any atom is -0.372 e. The number of azo groups is 3. The first-order valence-corrected chi connectivity index (χ1v) is 15.3. The fourth-order valence-electron chi connectivity index (χ4n) is 4.89. The Balaban J connectivity index is 1.29. The zero-order chi connectivity index (χ0) is 30.7. The van der Waals surface area contributed by atoms with Gasteiger partial charge in [0.15, 0.2) is 0 Å². The number of rotatable bonds is 12. The Bertz CT molecular complexity index is 1770. The summed E-state index contributed by atoms with van der Waals surface area (Å²) < 4.78 is 0. The summed E-state index contributed by atoms with van der Waals surface area (Å²) in [7, 11) is 0. The average Bonchev–Trinajstić information content (AvgIpc) is 3.07. The summed E-state index contributed by atoms with van der Waals surface area (Å²) in [6.07, 6.45) is 5.21. The van der Waals surface area contributed by atoms with Crippen LogP contribution in [0.25, 0.3) is 10.9 Å². The van der Waals surface area contributed by atoms with Gasteiger partial charge < -0.3 is 4.90 Å². The van der Waals surface area contributed by atoms with Gasteiger partial charge in [0.25, 0.3) is 0 Å². The lowest BCUT2D eigenvalue weighted by atomic mass is 10.1. The lowest BCUT2D eigenvalue weighted by Gasteiger charge is -2.20. The van der Waals surface area contributed by atoms with E-state index in [0.29, 0.717) is 5.69 Å². The molecule has 0 atom stereocenters. The Hall–Kier alpha value is -5.11. The highest BCUT2D eigenvalue weighted by molar-refractivity contribution is 5.96. The Morgan fingerprint density at radius 2 is 1.20 bits per heavy atom. The molecule has 0 spiro atoms. The molecule has 0 aliphatic carbocycles. The molecule has 5 aromatic rings. The molecule has 5 rings (SSSR count). The Labute approximate surface area is 259 Å². The number of hydrogen-bond acceptors (Lipinski definition) is 8. The molecule has 0 aliphatic heterocycles. The van der Waals surface area contributed by atoms with Crippen molar-refractivity contribution in [1.29, 1.82) is 0 Å². The lowest BCUT2D eigenvalue weighted by molar-refractivity contribution is 0.795.